The number of aliphatic carboxylic acids is 1. The zero-order chi connectivity index (χ0) is 10.0. The summed E-state index contributed by atoms with van der Waals surface area (Å²) in [5.41, 5.74) is 5.41. The fraction of sp³-hybridized carbons (Fsp3) is 0.750. The molecule has 0 aromatic rings. The maximum absolute atomic E-state index is 11.4. The second kappa shape index (κ2) is 3.74. The summed E-state index contributed by atoms with van der Waals surface area (Å²) in [5, 5.41) is 8.42. The molecule has 1 amide bonds. The molecule has 1 aliphatic rings. The van der Waals surface area contributed by atoms with Gasteiger partial charge in [0, 0.05) is 13.1 Å². The van der Waals surface area contributed by atoms with Crippen molar-refractivity contribution in [1.82, 2.24) is 4.90 Å². The number of carboxylic acid groups (broad SMARTS) is 1. The molecule has 1 saturated carbocycles. The average Bonchev–Trinajstić information content (AvgIpc) is 2.82. The number of likely N-dealkylation sites (N-methyl/N-ethyl adjacent to an activating group) is 1. The van der Waals surface area contributed by atoms with Crippen LogP contribution in [0.4, 0.5) is 0 Å². The number of amides is 1. The van der Waals surface area contributed by atoms with Crippen molar-refractivity contribution in [2.75, 3.05) is 7.05 Å². The van der Waals surface area contributed by atoms with Gasteiger partial charge in [-0.15, -0.1) is 0 Å². The van der Waals surface area contributed by atoms with Crippen LogP contribution in [0.15, 0.2) is 0 Å². The van der Waals surface area contributed by atoms with Gasteiger partial charge in [-0.25, -0.2) is 0 Å². The summed E-state index contributed by atoms with van der Waals surface area (Å²) in [6.45, 7) is 0. The molecule has 1 fully saturated rings. The van der Waals surface area contributed by atoms with E-state index in [2.05, 4.69) is 0 Å². The number of carboxylic acids is 1. The minimum atomic E-state index is -1.04. The number of nitrogens with zero attached hydrogens (tertiary/aromatic N) is 1. The van der Waals surface area contributed by atoms with Crippen molar-refractivity contribution < 1.29 is 14.7 Å². The highest BCUT2D eigenvalue weighted by molar-refractivity contribution is 5.86. The molecule has 13 heavy (non-hydrogen) atoms. The Morgan fingerprint density at radius 1 is 1.62 bits per heavy atom. The Morgan fingerprint density at radius 3 is 2.54 bits per heavy atom. The highest BCUT2D eigenvalue weighted by atomic mass is 16.4. The van der Waals surface area contributed by atoms with Crippen LogP contribution in [0, 0.1) is 0 Å². The Bertz CT molecular complexity index is 225. The standard InChI is InChI=1S/C8H14N2O3/c1-10(5-2-3-5)8(13)6(9)4-7(11)12/h5-6H,2-4,9H2,1H3,(H,11,12). The SMILES string of the molecule is CN(C(=O)C(N)CC(=O)O)C1CC1. The first kappa shape index (κ1) is 9.98. The summed E-state index contributed by atoms with van der Waals surface area (Å²) < 4.78 is 0. The van der Waals surface area contributed by atoms with Crippen molar-refractivity contribution in [3.63, 3.8) is 0 Å². The van der Waals surface area contributed by atoms with E-state index in [1.165, 1.54) is 0 Å². The molecule has 3 N–H and O–H groups in total. The van der Waals surface area contributed by atoms with Crippen molar-refractivity contribution in [3.8, 4) is 0 Å². The van der Waals surface area contributed by atoms with E-state index in [0.717, 1.165) is 12.8 Å². The lowest BCUT2D eigenvalue weighted by Crippen LogP contribution is -2.43. The predicted octanol–water partition coefficient (Wildman–Crippen LogP) is -0.591. The van der Waals surface area contributed by atoms with Gasteiger partial charge in [0.2, 0.25) is 5.91 Å². The summed E-state index contributed by atoms with van der Waals surface area (Å²) in [6.07, 6.45) is 1.71. The van der Waals surface area contributed by atoms with Gasteiger partial charge < -0.3 is 15.7 Å². The van der Waals surface area contributed by atoms with Crippen molar-refractivity contribution >= 4 is 11.9 Å². The molecule has 0 radical (unpaired) electrons. The van der Waals surface area contributed by atoms with Crippen LogP contribution in [0.3, 0.4) is 0 Å². The lowest BCUT2D eigenvalue weighted by atomic mass is 10.2. The zero-order valence-electron chi connectivity index (χ0n) is 7.56. The summed E-state index contributed by atoms with van der Waals surface area (Å²) in [5.74, 6) is -1.31. The molecule has 0 saturated heterocycles. The molecular weight excluding hydrogens is 172 g/mol. The van der Waals surface area contributed by atoms with Gasteiger partial charge in [-0.2, -0.15) is 0 Å². The summed E-state index contributed by atoms with van der Waals surface area (Å²) >= 11 is 0. The van der Waals surface area contributed by atoms with Gasteiger partial charge in [0.15, 0.2) is 0 Å². The zero-order valence-corrected chi connectivity index (χ0v) is 7.56. The fourth-order valence-electron chi connectivity index (χ4n) is 1.18. The van der Waals surface area contributed by atoms with E-state index >= 15 is 0 Å². The van der Waals surface area contributed by atoms with Gasteiger partial charge in [-0.3, -0.25) is 9.59 Å². The number of carbonyl (C=O) groups is 2. The van der Waals surface area contributed by atoms with Crippen LogP contribution in [0.25, 0.3) is 0 Å². The topological polar surface area (TPSA) is 83.6 Å². The monoisotopic (exact) mass is 186 g/mol. The van der Waals surface area contributed by atoms with Crippen LogP contribution >= 0.6 is 0 Å². The predicted molar refractivity (Wildman–Crippen MR) is 46.0 cm³/mol. The lowest BCUT2D eigenvalue weighted by Gasteiger charge is -2.19. The Labute approximate surface area is 76.5 Å². The third-order valence-electron chi connectivity index (χ3n) is 2.15. The molecule has 0 aromatic heterocycles. The summed E-state index contributed by atoms with van der Waals surface area (Å²) in [4.78, 5) is 23.2. The molecule has 0 spiro atoms. The number of carbonyl (C=O) groups excluding carboxylic acids is 1. The van der Waals surface area contributed by atoms with E-state index in [1.807, 2.05) is 0 Å². The quantitative estimate of drug-likeness (QED) is 0.614. The van der Waals surface area contributed by atoms with Crippen LogP contribution in [0.5, 0.6) is 0 Å². The first-order chi connectivity index (χ1) is 6.02. The third kappa shape index (κ3) is 2.69. The Morgan fingerprint density at radius 2 is 2.15 bits per heavy atom. The van der Waals surface area contributed by atoms with Crippen LogP contribution in [-0.2, 0) is 9.59 Å². The van der Waals surface area contributed by atoms with Gasteiger partial charge >= 0.3 is 5.97 Å². The molecule has 1 aliphatic carbocycles. The largest absolute Gasteiger partial charge is 0.481 e. The van der Waals surface area contributed by atoms with Gasteiger partial charge in [-0.1, -0.05) is 0 Å². The van der Waals surface area contributed by atoms with E-state index in [0.29, 0.717) is 0 Å². The second-order valence-electron chi connectivity index (χ2n) is 3.38. The number of nitrogens with two attached hydrogens (primary N) is 1. The van der Waals surface area contributed by atoms with E-state index in [1.54, 1.807) is 11.9 Å². The smallest absolute Gasteiger partial charge is 0.305 e. The van der Waals surface area contributed by atoms with Gasteiger partial charge in [0.05, 0.1) is 12.5 Å². The van der Waals surface area contributed by atoms with E-state index in [4.69, 9.17) is 10.8 Å². The molecule has 0 bridgehead atoms. The summed E-state index contributed by atoms with van der Waals surface area (Å²) in [7, 11) is 1.67. The maximum atomic E-state index is 11.4. The highest BCUT2D eigenvalue weighted by Crippen LogP contribution is 2.25. The summed E-state index contributed by atoms with van der Waals surface area (Å²) in [6, 6.07) is -0.615. The Balaban J connectivity index is 2.40. The van der Waals surface area contributed by atoms with Gasteiger partial charge in [0.1, 0.15) is 0 Å². The first-order valence-corrected chi connectivity index (χ1v) is 4.26. The lowest BCUT2D eigenvalue weighted by molar-refractivity contribution is -0.141. The minimum Gasteiger partial charge on any atom is -0.481 e. The van der Waals surface area contributed by atoms with E-state index < -0.39 is 12.0 Å². The number of rotatable bonds is 4. The first-order valence-electron chi connectivity index (χ1n) is 4.26. The minimum absolute atomic E-state index is 0.273. The van der Waals surface area contributed by atoms with Gasteiger partial charge in [0.25, 0.3) is 0 Å². The average molecular weight is 186 g/mol. The van der Waals surface area contributed by atoms with Crippen molar-refractivity contribution in [2.24, 2.45) is 5.73 Å². The van der Waals surface area contributed by atoms with Crippen molar-refractivity contribution in [2.45, 2.75) is 31.3 Å². The Hall–Kier alpha value is -1.10. The number of hydrogen-bond donors (Lipinski definition) is 2. The molecule has 74 valence electrons. The molecule has 0 heterocycles. The molecular formula is C8H14N2O3. The molecule has 5 nitrogen and oxygen atoms in total. The molecule has 1 atom stereocenters. The van der Waals surface area contributed by atoms with Crippen LogP contribution < -0.4 is 5.73 Å². The number of hydrogen-bond acceptors (Lipinski definition) is 3. The normalized spacial score (nSPS) is 18.0. The molecule has 1 rings (SSSR count). The van der Waals surface area contributed by atoms with Crippen LogP contribution in [0.2, 0.25) is 0 Å². The van der Waals surface area contributed by atoms with Crippen molar-refractivity contribution in [1.29, 1.82) is 0 Å². The molecule has 1 unspecified atom stereocenters. The van der Waals surface area contributed by atoms with Crippen LogP contribution in [-0.4, -0.2) is 41.0 Å². The van der Waals surface area contributed by atoms with Gasteiger partial charge in [-0.05, 0) is 12.8 Å². The van der Waals surface area contributed by atoms with Crippen molar-refractivity contribution in [3.05, 3.63) is 0 Å². The molecule has 5 heteroatoms. The second-order valence-corrected chi connectivity index (χ2v) is 3.38. The van der Waals surface area contributed by atoms with E-state index in [9.17, 15) is 9.59 Å². The fourth-order valence-corrected chi connectivity index (χ4v) is 1.18. The Kier molecular flexibility index (Phi) is 2.87. The third-order valence-corrected chi connectivity index (χ3v) is 2.15. The van der Waals surface area contributed by atoms with Crippen LogP contribution in [0.1, 0.15) is 19.3 Å². The molecule has 0 aromatic carbocycles. The highest BCUT2D eigenvalue weighted by Gasteiger charge is 2.32. The molecule has 0 aliphatic heterocycles. The maximum Gasteiger partial charge on any atom is 0.305 e. The van der Waals surface area contributed by atoms with E-state index in [-0.39, 0.29) is 18.4 Å².